The van der Waals surface area contributed by atoms with Crippen LogP contribution in [0.15, 0.2) is 60.2 Å². The van der Waals surface area contributed by atoms with Gasteiger partial charge in [-0.05, 0) is 55.2 Å². The lowest BCUT2D eigenvalue weighted by molar-refractivity contribution is -0.112. The van der Waals surface area contributed by atoms with Crippen molar-refractivity contribution >= 4 is 23.4 Å². The van der Waals surface area contributed by atoms with E-state index in [-0.39, 0.29) is 5.57 Å². The van der Waals surface area contributed by atoms with E-state index in [9.17, 15) is 10.1 Å². The van der Waals surface area contributed by atoms with E-state index in [0.29, 0.717) is 5.69 Å². The Morgan fingerprint density at radius 1 is 1.00 bits per heavy atom. The third kappa shape index (κ3) is 4.48. The van der Waals surface area contributed by atoms with Crippen molar-refractivity contribution < 1.29 is 4.79 Å². The summed E-state index contributed by atoms with van der Waals surface area (Å²) in [7, 11) is 0. The summed E-state index contributed by atoms with van der Waals surface area (Å²) in [5, 5.41) is 12.0. The van der Waals surface area contributed by atoms with Crippen LogP contribution < -0.4 is 10.2 Å². The van der Waals surface area contributed by atoms with Crippen LogP contribution in [0, 0.1) is 11.3 Å². The molecular weight excluding hydrogens is 310 g/mol. The minimum absolute atomic E-state index is 0.0922. The summed E-state index contributed by atoms with van der Waals surface area (Å²) in [5.74, 6) is -0.395. The van der Waals surface area contributed by atoms with Gasteiger partial charge in [0.15, 0.2) is 0 Å². The lowest BCUT2D eigenvalue weighted by Crippen LogP contribution is -2.29. The molecule has 0 aliphatic carbocycles. The van der Waals surface area contributed by atoms with Crippen LogP contribution in [0.5, 0.6) is 0 Å². The van der Waals surface area contributed by atoms with Gasteiger partial charge < -0.3 is 10.2 Å². The number of amides is 1. The maximum Gasteiger partial charge on any atom is 0.266 e. The molecule has 0 saturated carbocycles. The fourth-order valence-corrected chi connectivity index (χ4v) is 2.97. The fraction of sp³-hybridized carbons (Fsp3) is 0.238. The van der Waals surface area contributed by atoms with Crippen molar-refractivity contribution in [3.63, 3.8) is 0 Å². The van der Waals surface area contributed by atoms with Gasteiger partial charge in [-0.25, -0.2) is 0 Å². The molecule has 0 atom stereocenters. The predicted molar refractivity (Wildman–Crippen MR) is 101 cm³/mol. The second-order valence-corrected chi connectivity index (χ2v) is 6.13. The van der Waals surface area contributed by atoms with Crippen LogP contribution in [0.1, 0.15) is 24.8 Å². The zero-order valence-electron chi connectivity index (χ0n) is 14.1. The van der Waals surface area contributed by atoms with Crippen LogP contribution in [-0.4, -0.2) is 19.0 Å². The molecule has 25 heavy (non-hydrogen) atoms. The molecule has 0 radical (unpaired) electrons. The van der Waals surface area contributed by atoms with Gasteiger partial charge >= 0.3 is 0 Å². The molecule has 1 heterocycles. The number of carbonyl (C=O) groups excluding carboxylic acids is 1. The molecule has 1 aliphatic heterocycles. The third-order valence-electron chi connectivity index (χ3n) is 4.32. The SMILES string of the molecule is N#C/C(=C/c1ccc(N2CCCCC2)cc1)C(=O)Nc1ccccc1. The third-order valence-corrected chi connectivity index (χ3v) is 4.32. The van der Waals surface area contributed by atoms with Crippen molar-refractivity contribution in [1.29, 1.82) is 5.26 Å². The monoisotopic (exact) mass is 331 g/mol. The van der Waals surface area contributed by atoms with Crippen LogP contribution in [0.25, 0.3) is 6.08 Å². The Hall–Kier alpha value is -3.06. The molecule has 1 aliphatic rings. The Balaban J connectivity index is 1.71. The zero-order valence-corrected chi connectivity index (χ0v) is 14.1. The van der Waals surface area contributed by atoms with E-state index in [1.807, 2.05) is 36.4 Å². The van der Waals surface area contributed by atoms with Gasteiger partial charge in [0.1, 0.15) is 11.6 Å². The number of benzene rings is 2. The van der Waals surface area contributed by atoms with E-state index in [1.165, 1.54) is 24.9 Å². The van der Waals surface area contributed by atoms with Crippen molar-refractivity contribution in [2.75, 3.05) is 23.3 Å². The Labute approximate surface area is 148 Å². The highest BCUT2D eigenvalue weighted by Crippen LogP contribution is 2.21. The summed E-state index contributed by atoms with van der Waals surface area (Å²) in [4.78, 5) is 14.6. The van der Waals surface area contributed by atoms with Gasteiger partial charge in [0.05, 0.1) is 0 Å². The number of hydrogen-bond acceptors (Lipinski definition) is 3. The average molecular weight is 331 g/mol. The molecule has 1 saturated heterocycles. The van der Waals surface area contributed by atoms with Gasteiger partial charge in [0, 0.05) is 24.5 Å². The highest BCUT2D eigenvalue weighted by Gasteiger charge is 2.12. The van der Waals surface area contributed by atoms with E-state index in [1.54, 1.807) is 18.2 Å². The molecule has 2 aromatic rings. The molecule has 0 spiro atoms. The lowest BCUT2D eigenvalue weighted by Gasteiger charge is -2.28. The topological polar surface area (TPSA) is 56.1 Å². The minimum atomic E-state index is -0.395. The first kappa shape index (κ1) is 16.8. The molecule has 0 bridgehead atoms. The van der Waals surface area contributed by atoms with E-state index in [4.69, 9.17) is 0 Å². The van der Waals surface area contributed by atoms with Gasteiger partial charge in [0.2, 0.25) is 0 Å². The number of para-hydroxylation sites is 1. The molecule has 4 heteroatoms. The normalized spacial score (nSPS) is 14.7. The molecular formula is C21H21N3O. The summed E-state index contributed by atoms with van der Waals surface area (Å²) in [6, 6.07) is 19.1. The minimum Gasteiger partial charge on any atom is -0.372 e. The van der Waals surface area contributed by atoms with Crippen molar-refractivity contribution in [3.05, 3.63) is 65.7 Å². The number of nitriles is 1. The van der Waals surface area contributed by atoms with Crippen molar-refractivity contribution in [1.82, 2.24) is 0 Å². The Morgan fingerprint density at radius 3 is 2.32 bits per heavy atom. The van der Waals surface area contributed by atoms with Crippen molar-refractivity contribution in [2.24, 2.45) is 0 Å². The Bertz CT molecular complexity index is 782. The summed E-state index contributed by atoms with van der Waals surface area (Å²) in [5.41, 5.74) is 2.81. The van der Waals surface area contributed by atoms with Gasteiger partial charge in [-0.15, -0.1) is 0 Å². The van der Waals surface area contributed by atoms with Crippen molar-refractivity contribution in [3.8, 4) is 6.07 Å². The molecule has 126 valence electrons. The van der Waals surface area contributed by atoms with Crippen LogP contribution in [0.4, 0.5) is 11.4 Å². The maximum atomic E-state index is 12.3. The Kier molecular flexibility index (Phi) is 5.48. The number of hydrogen-bond donors (Lipinski definition) is 1. The highest BCUT2D eigenvalue weighted by molar-refractivity contribution is 6.09. The van der Waals surface area contributed by atoms with E-state index < -0.39 is 5.91 Å². The molecule has 4 nitrogen and oxygen atoms in total. The Morgan fingerprint density at radius 2 is 1.68 bits per heavy atom. The number of nitrogens with one attached hydrogen (secondary N) is 1. The molecule has 1 amide bonds. The molecule has 0 aromatic heterocycles. The number of nitrogens with zero attached hydrogens (tertiary/aromatic N) is 2. The van der Waals surface area contributed by atoms with Crippen LogP contribution >= 0.6 is 0 Å². The van der Waals surface area contributed by atoms with E-state index in [0.717, 1.165) is 18.7 Å². The van der Waals surface area contributed by atoms with Gasteiger partial charge in [-0.1, -0.05) is 30.3 Å². The number of rotatable bonds is 4. The molecule has 2 aromatic carbocycles. The smallest absolute Gasteiger partial charge is 0.266 e. The average Bonchev–Trinajstić information content (AvgIpc) is 2.68. The summed E-state index contributed by atoms with van der Waals surface area (Å²) in [6.45, 7) is 2.19. The highest BCUT2D eigenvalue weighted by atomic mass is 16.1. The summed E-state index contributed by atoms with van der Waals surface area (Å²) in [6.07, 6.45) is 5.40. The summed E-state index contributed by atoms with van der Waals surface area (Å²) < 4.78 is 0. The maximum absolute atomic E-state index is 12.3. The molecule has 1 fully saturated rings. The first-order valence-electron chi connectivity index (χ1n) is 8.59. The number of carbonyl (C=O) groups is 1. The first-order chi connectivity index (χ1) is 12.3. The quantitative estimate of drug-likeness (QED) is 0.674. The number of anilines is 2. The van der Waals surface area contributed by atoms with Gasteiger partial charge in [0.25, 0.3) is 5.91 Å². The van der Waals surface area contributed by atoms with Crippen LogP contribution in [0.3, 0.4) is 0 Å². The van der Waals surface area contributed by atoms with Crippen LogP contribution in [0.2, 0.25) is 0 Å². The molecule has 3 rings (SSSR count). The lowest BCUT2D eigenvalue weighted by atomic mass is 10.1. The van der Waals surface area contributed by atoms with Crippen molar-refractivity contribution in [2.45, 2.75) is 19.3 Å². The molecule has 0 unspecified atom stereocenters. The zero-order chi connectivity index (χ0) is 17.5. The largest absolute Gasteiger partial charge is 0.372 e. The summed E-state index contributed by atoms with van der Waals surface area (Å²) >= 11 is 0. The first-order valence-corrected chi connectivity index (χ1v) is 8.59. The fourth-order valence-electron chi connectivity index (χ4n) is 2.97. The van der Waals surface area contributed by atoms with E-state index in [2.05, 4.69) is 22.3 Å². The standard InChI is InChI=1S/C21H21N3O/c22-16-18(21(25)23-19-7-3-1-4-8-19)15-17-9-11-20(12-10-17)24-13-5-2-6-14-24/h1,3-4,7-12,15H,2,5-6,13-14H2,(H,23,25)/b18-15-. The van der Waals surface area contributed by atoms with Crippen LogP contribution in [-0.2, 0) is 4.79 Å². The second-order valence-electron chi connectivity index (χ2n) is 6.13. The van der Waals surface area contributed by atoms with Gasteiger partial charge in [-0.2, -0.15) is 5.26 Å². The van der Waals surface area contributed by atoms with E-state index >= 15 is 0 Å². The predicted octanol–water partition coefficient (Wildman–Crippen LogP) is 4.22. The molecule has 1 N–H and O–H groups in total. The number of piperidine rings is 1. The van der Waals surface area contributed by atoms with Gasteiger partial charge in [-0.3, -0.25) is 4.79 Å². The second kappa shape index (κ2) is 8.16.